The van der Waals surface area contributed by atoms with E-state index in [1.165, 1.54) is 30.5 Å². The minimum absolute atomic E-state index is 0.380. The zero-order valence-corrected chi connectivity index (χ0v) is 15.8. The third kappa shape index (κ3) is 5.63. The molecule has 21 heavy (non-hydrogen) atoms. The van der Waals surface area contributed by atoms with Gasteiger partial charge in [0, 0.05) is 28.8 Å². The molecule has 0 saturated carbocycles. The molecule has 0 saturated heterocycles. The predicted octanol–water partition coefficient (Wildman–Crippen LogP) is 5.52. The molecule has 1 aromatic rings. The van der Waals surface area contributed by atoms with Crippen LogP contribution in [0.1, 0.15) is 65.5 Å². The summed E-state index contributed by atoms with van der Waals surface area (Å²) < 4.78 is 1.16. The van der Waals surface area contributed by atoms with E-state index in [1.807, 2.05) is 0 Å². The second-order valence-electron chi connectivity index (χ2n) is 5.98. The van der Waals surface area contributed by atoms with E-state index in [2.05, 4.69) is 79.0 Å². The topological polar surface area (TPSA) is 15.3 Å². The molecule has 3 heteroatoms. The zero-order chi connectivity index (χ0) is 15.8. The Bertz CT molecular complexity index is 418. The molecule has 2 nitrogen and oxygen atoms in total. The highest BCUT2D eigenvalue weighted by molar-refractivity contribution is 9.10. The molecule has 1 rings (SSSR count). The second kappa shape index (κ2) is 9.47. The van der Waals surface area contributed by atoms with Crippen molar-refractivity contribution in [3.05, 3.63) is 28.2 Å². The summed E-state index contributed by atoms with van der Waals surface area (Å²) >= 11 is 3.64. The van der Waals surface area contributed by atoms with Gasteiger partial charge in [0.1, 0.15) is 0 Å². The summed E-state index contributed by atoms with van der Waals surface area (Å²) in [6.45, 7) is 13.4. The lowest BCUT2D eigenvalue weighted by atomic mass is 10.0. The van der Waals surface area contributed by atoms with Crippen molar-refractivity contribution in [2.75, 3.05) is 18.0 Å². The second-order valence-corrected chi connectivity index (χ2v) is 6.89. The average Bonchev–Trinajstić information content (AvgIpc) is 2.43. The lowest BCUT2D eigenvalue weighted by Crippen LogP contribution is -2.33. The van der Waals surface area contributed by atoms with Crippen LogP contribution in [0.25, 0.3) is 0 Å². The van der Waals surface area contributed by atoms with Gasteiger partial charge >= 0.3 is 0 Å². The van der Waals surface area contributed by atoms with Crippen LogP contribution >= 0.6 is 15.9 Å². The minimum Gasteiger partial charge on any atom is -0.369 e. The molecule has 0 aliphatic rings. The number of rotatable bonds is 9. The Morgan fingerprint density at radius 1 is 1.14 bits per heavy atom. The number of anilines is 1. The van der Waals surface area contributed by atoms with E-state index in [9.17, 15) is 0 Å². The van der Waals surface area contributed by atoms with Gasteiger partial charge in [0.25, 0.3) is 0 Å². The quantitative estimate of drug-likeness (QED) is 0.587. The van der Waals surface area contributed by atoms with Crippen molar-refractivity contribution < 1.29 is 0 Å². The van der Waals surface area contributed by atoms with Crippen LogP contribution in [0.2, 0.25) is 0 Å². The third-order valence-electron chi connectivity index (χ3n) is 3.90. The predicted molar refractivity (Wildman–Crippen MR) is 98.2 cm³/mol. The van der Waals surface area contributed by atoms with E-state index >= 15 is 0 Å². The van der Waals surface area contributed by atoms with Gasteiger partial charge in [0.2, 0.25) is 0 Å². The van der Waals surface area contributed by atoms with Crippen molar-refractivity contribution in [1.29, 1.82) is 0 Å². The minimum atomic E-state index is 0.380. The molecule has 1 N–H and O–H groups in total. The van der Waals surface area contributed by atoms with Crippen LogP contribution in [-0.2, 0) is 0 Å². The highest BCUT2D eigenvalue weighted by atomic mass is 79.9. The molecule has 0 aromatic heterocycles. The van der Waals surface area contributed by atoms with Gasteiger partial charge in [-0.15, -0.1) is 0 Å². The van der Waals surface area contributed by atoms with E-state index in [-0.39, 0.29) is 0 Å². The van der Waals surface area contributed by atoms with Crippen LogP contribution in [0.4, 0.5) is 5.69 Å². The van der Waals surface area contributed by atoms with E-state index in [1.54, 1.807) is 0 Å². The normalized spacial score (nSPS) is 12.7. The van der Waals surface area contributed by atoms with E-state index in [0.29, 0.717) is 12.1 Å². The summed E-state index contributed by atoms with van der Waals surface area (Å²) in [5, 5.41) is 3.54. The highest BCUT2D eigenvalue weighted by Crippen LogP contribution is 2.31. The summed E-state index contributed by atoms with van der Waals surface area (Å²) in [5.74, 6) is 0. The van der Waals surface area contributed by atoms with Crippen LogP contribution in [-0.4, -0.2) is 19.1 Å². The van der Waals surface area contributed by atoms with E-state index in [4.69, 9.17) is 0 Å². The largest absolute Gasteiger partial charge is 0.369 e. The summed E-state index contributed by atoms with van der Waals surface area (Å²) in [6.07, 6.45) is 3.83. The number of hydrogen-bond donors (Lipinski definition) is 1. The first-order chi connectivity index (χ1) is 10.0. The first-order valence-electron chi connectivity index (χ1n) is 8.30. The fraction of sp³-hybridized carbons (Fsp3) is 0.667. The molecule has 1 atom stereocenters. The third-order valence-corrected chi connectivity index (χ3v) is 4.40. The molecule has 0 spiro atoms. The number of nitrogens with zero attached hydrogens (tertiary/aromatic N) is 1. The Hall–Kier alpha value is -0.540. The molecule has 0 aliphatic heterocycles. The van der Waals surface area contributed by atoms with Gasteiger partial charge in [0.05, 0.1) is 0 Å². The molecule has 0 amide bonds. The molecule has 120 valence electrons. The highest BCUT2D eigenvalue weighted by Gasteiger charge is 2.17. The van der Waals surface area contributed by atoms with Crippen molar-refractivity contribution in [2.24, 2.45) is 0 Å². The molecule has 0 radical (unpaired) electrons. The molecule has 1 aromatic carbocycles. The standard InChI is InChI=1S/C18H31BrN2/c1-6-8-9-12-21(14(3)4)18-13-16(19)10-11-17(18)15(5)20-7-2/h10-11,13-15,20H,6-9,12H2,1-5H3. The van der Waals surface area contributed by atoms with Gasteiger partial charge in [0.15, 0.2) is 0 Å². The molecule has 0 aliphatic carbocycles. The van der Waals surface area contributed by atoms with Crippen LogP contribution in [0.15, 0.2) is 22.7 Å². The molecule has 1 unspecified atom stereocenters. The number of hydrogen-bond acceptors (Lipinski definition) is 2. The molecule has 0 bridgehead atoms. The van der Waals surface area contributed by atoms with Crippen molar-refractivity contribution in [1.82, 2.24) is 5.32 Å². The monoisotopic (exact) mass is 354 g/mol. The average molecular weight is 355 g/mol. The molecule has 0 heterocycles. The number of unbranched alkanes of at least 4 members (excludes halogenated alkanes) is 2. The van der Waals surface area contributed by atoms with Crippen LogP contribution in [0, 0.1) is 0 Å². The fourth-order valence-corrected chi connectivity index (χ4v) is 3.09. The van der Waals surface area contributed by atoms with Gasteiger partial charge in [-0.05, 0) is 51.4 Å². The van der Waals surface area contributed by atoms with E-state index < -0.39 is 0 Å². The summed E-state index contributed by atoms with van der Waals surface area (Å²) in [5.41, 5.74) is 2.76. The smallest absolute Gasteiger partial charge is 0.0428 e. The van der Waals surface area contributed by atoms with Gasteiger partial charge in [-0.2, -0.15) is 0 Å². The Kier molecular flexibility index (Phi) is 8.35. The molecule has 0 fully saturated rings. The SMILES string of the molecule is CCCCCN(c1cc(Br)ccc1C(C)NCC)C(C)C. The Labute approximate surface area is 139 Å². The van der Waals surface area contributed by atoms with Crippen LogP contribution in [0.5, 0.6) is 0 Å². The van der Waals surface area contributed by atoms with Crippen molar-refractivity contribution in [3.8, 4) is 0 Å². The molecular formula is C18H31BrN2. The lowest BCUT2D eigenvalue weighted by molar-refractivity contribution is 0.583. The maximum absolute atomic E-state index is 3.64. The van der Waals surface area contributed by atoms with Crippen molar-refractivity contribution >= 4 is 21.6 Å². The number of halogens is 1. The van der Waals surface area contributed by atoms with Crippen molar-refractivity contribution in [3.63, 3.8) is 0 Å². The van der Waals surface area contributed by atoms with E-state index in [0.717, 1.165) is 17.6 Å². The van der Waals surface area contributed by atoms with Crippen molar-refractivity contribution in [2.45, 2.75) is 66.0 Å². The number of nitrogens with one attached hydrogen (secondary N) is 1. The van der Waals surface area contributed by atoms with Crippen LogP contribution in [0.3, 0.4) is 0 Å². The summed E-state index contributed by atoms with van der Waals surface area (Å²) in [6, 6.07) is 7.57. The zero-order valence-electron chi connectivity index (χ0n) is 14.2. The lowest BCUT2D eigenvalue weighted by Gasteiger charge is -2.33. The Morgan fingerprint density at radius 2 is 1.86 bits per heavy atom. The maximum atomic E-state index is 3.64. The first-order valence-corrected chi connectivity index (χ1v) is 9.10. The fourth-order valence-electron chi connectivity index (χ4n) is 2.74. The number of benzene rings is 1. The Morgan fingerprint density at radius 3 is 2.43 bits per heavy atom. The summed E-state index contributed by atoms with van der Waals surface area (Å²) in [4.78, 5) is 2.55. The van der Waals surface area contributed by atoms with Gasteiger partial charge < -0.3 is 10.2 Å². The van der Waals surface area contributed by atoms with Gasteiger partial charge in [-0.1, -0.05) is 48.7 Å². The maximum Gasteiger partial charge on any atom is 0.0428 e. The van der Waals surface area contributed by atoms with Gasteiger partial charge in [-0.3, -0.25) is 0 Å². The van der Waals surface area contributed by atoms with Gasteiger partial charge in [-0.25, -0.2) is 0 Å². The van der Waals surface area contributed by atoms with Crippen LogP contribution < -0.4 is 10.2 Å². The summed E-state index contributed by atoms with van der Waals surface area (Å²) in [7, 11) is 0. The first kappa shape index (κ1) is 18.5. The molecular weight excluding hydrogens is 324 g/mol. The Balaban J connectivity index is 3.06.